The molecular weight excluding hydrogens is 202 g/mol. The molecule has 3 nitrogen and oxygen atoms in total. The lowest BCUT2D eigenvalue weighted by Crippen LogP contribution is -2.20. The Hall–Kier alpha value is -2.16. The highest BCUT2D eigenvalue weighted by Gasteiger charge is 1.99. The maximum atomic E-state index is 11.2. The van der Waals surface area contributed by atoms with Gasteiger partial charge in [0, 0.05) is 0 Å². The van der Waals surface area contributed by atoms with E-state index in [1.165, 1.54) is 6.08 Å². The van der Waals surface area contributed by atoms with Gasteiger partial charge in [-0.05, 0) is 24.6 Å². The molecule has 0 saturated carbocycles. The summed E-state index contributed by atoms with van der Waals surface area (Å²) in [6, 6.07) is 9.32. The molecule has 0 atom stereocenters. The van der Waals surface area contributed by atoms with Gasteiger partial charge in [-0.2, -0.15) is 0 Å². The largest absolute Gasteiger partial charge is 0.320 e. The number of nitrogens with one attached hydrogen (secondary N) is 1. The quantitative estimate of drug-likeness (QED) is 0.616. The van der Waals surface area contributed by atoms with Gasteiger partial charge in [-0.15, -0.1) is 0 Å². The van der Waals surface area contributed by atoms with E-state index in [1.54, 1.807) is 19.1 Å². The maximum Gasteiger partial charge on any atom is 0.248 e. The highest BCUT2D eigenvalue weighted by atomic mass is 16.2. The van der Waals surface area contributed by atoms with Gasteiger partial charge in [-0.3, -0.25) is 9.59 Å². The van der Waals surface area contributed by atoms with E-state index in [0.29, 0.717) is 6.29 Å². The summed E-state index contributed by atoms with van der Waals surface area (Å²) in [6.07, 6.45) is 5.21. The van der Waals surface area contributed by atoms with Crippen LogP contribution in [0.4, 0.5) is 0 Å². The molecule has 82 valence electrons. The molecule has 1 rings (SSSR count). The van der Waals surface area contributed by atoms with Crippen LogP contribution in [0.5, 0.6) is 0 Å². The van der Waals surface area contributed by atoms with Crippen molar-refractivity contribution in [3.05, 3.63) is 53.7 Å². The van der Waals surface area contributed by atoms with Gasteiger partial charge in [0.1, 0.15) is 0 Å². The fourth-order valence-corrected chi connectivity index (χ4v) is 1.16. The van der Waals surface area contributed by atoms with E-state index in [0.717, 1.165) is 5.56 Å². The molecule has 0 fully saturated rings. The van der Waals surface area contributed by atoms with Crippen molar-refractivity contribution in [2.24, 2.45) is 0 Å². The molecule has 0 aliphatic rings. The van der Waals surface area contributed by atoms with Crippen LogP contribution in [0.25, 0.3) is 6.08 Å². The Morgan fingerprint density at radius 1 is 1.25 bits per heavy atom. The second-order valence-electron chi connectivity index (χ2n) is 3.12. The van der Waals surface area contributed by atoms with E-state index in [4.69, 9.17) is 0 Å². The van der Waals surface area contributed by atoms with Crippen LogP contribution in [-0.2, 0) is 9.59 Å². The van der Waals surface area contributed by atoms with E-state index in [9.17, 15) is 9.59 Å². The molecule has 1 aromatic carbocycles. The zero-order chi connectivity index (χ0) is 11.8. The molecule has 3 heteroatoms. The lowest BCUT2D eigenvalue weighted by Gasteiger charge is -2.00. The minimum Gasteiger partial charge on any atom is -0.320 e. The van der Waals surface area contributed by atoms with Crippen LogP contribution >= 0.6 is 0 Å². The molecule has 1 aromatic rings. The first-order chi connectivity index (χ1) is 7.76. The average molecular weight is 215 g/mol. The third-order valence-corrected chi connectivity index (χ3v) is 1.83. The van der Waals surface area contributed by atoms with Crippen molar-refractivity contribution in [3.63, 3.8) is 0 Å². The van der Waals surface area contributed by atoms with Crippen LogP contribution in [0, 0.1) is 0 Å². The van der Waals surface area contributed by atoms with E-state index in [1.807, 2.05) is 30.3 Å². The third kappa shape index (κ3) is 3.92. The predicted molar refractivity (Wildman–Crippen MR) is 63.4 cm³/mol. The number of hydrogen-bond donors (Lipinski definition) is 1. The second-order valence-corrected chi connectivity index (χ2v) is 3.12. The van der Waals surface area contributed by atoms with Gasteiger partial charge < -0.3 is 5.32 Å². The van der Waals surface area contributed by atoms with E-state index in [-0.39, 0.29) is 11.6 Å². The lowest BCUT2D eigenvalue weighted by molar-refractivity contribution is -0.117. The summed E-state index contributed by atoms with van der Waals surface area (Å²) in [5.74, 6) is -0.309. The Bertz CT molecular complexity index is 419. The van der Waals surface area contributed by atoms with Crippen molar-refractivity contribution in [2.45, 2.75) is 6.92 Å². The Balaban J connectivity index is 2.79. The number of aldehydes is 1. The molecule has 0 unspecified atom stereocenters. The van der Waals surface area contributed by atoms with Gasteiger partial charge in [-0.1, -0.05) is 36.4 Å². The van der Waals surface area contributed by atoms with Crippen LogP contribution < -0.4 is 5.32 Å². The van der Waals surface area contributed by atoms with Crippen molar-refractivity contribution in [3.8, 4) is 0 Å². The molecular formula is C13H13NO2. The number of hydrogen-bond acceptors (Lipinski definition) is 2. The molecule has 1 N–H and O–H groups in total. The minimum atomic E-state index is -0.309. The molecule has 1 amide bonds. The number of carbonyl (C=O) groups excluding carboxylic acids is 2. The highest BCUT2D eigenvalue weighted by molar-refractivity contribution is 5.95. The van der Waals surface area contributed by atoms with Gasteiger partial charge >= 0.3 is 0 Å². The van der Waals surface area contributed by atoms with Gasteiger partial charge in [0.15, 0.2) is 6.29 Å². The van der Waals surface area contributed by atoms with Gasteiger partial charge in [0.05, 0.1) is 5.70 Å². The minimum absolute atomic E-state index is 0.245. The molecule has 0 heterocycles. The summed E-state index contributed by atoms with van der Waals surface area (Å²) in [4.78, 5) is 21.9. The first kappa shape index (κ1) is 11.9. The second kappa shape index (κ2) is 6.35. The van der Waals surface area contributed by atoms with Crippen molar-refractivity contribution >= 4 is 18.3 Å². The number of benzene rings is 1. The molecule has 0 saturated heterocycles. The van der Waals surface area contributed by atoms with E-state index in [2.05, 4.69) is 5.32 Å². The van der Waals surface area contributed by atoms with Crippen LogP contribution in [-0.4, -0.2) is 12.2 Å². The van der Waals surface area contributed by atoms with Crippen molar-refractivity contribution in [1.82, 2.24) is 5.32 Å². The SMILES string of the molecule is CC=CC(=O)N/C(C=O)=C/c1ccccc1. The summed E-state index contributed by atoms with van der Waals surface area (Å²) in [5.41, 5.74) is 1.11. The Morgan fingerprint density at radius 2 is 1.94 bits per heavy atom. The summed E-state index contributed by atoms with van der Waals surface area (Å²) in [7, 11) is 0. The van der Waals surface area contributed by atoms with Crippen LogP contribution in [0.2, 0.25) is 0 Å². The highest BCUT2D eigenvalue weighted by Crippen LogP contribution is 2.03. The van der Waals surface area contributed by atoms with E-state index < -0.39 is 0 Å². The number of amides is 1. The summed E-state index contributed by atoms with van der Waals surface area (Å²) < 4.78 is 0. The van der Waals surface area contributed by atoms with Crippen molar-refractivity contribution in [2.75, 3.05) is 0 Å². The lowest BCUT2D eigenvalue weighted by atomic mass is 10.2. The first-order valence-electron chi connectivity index (χ1n) is 4.92. The number of carbonyl (C=O) groups is 2. The normalized spacial score (nSPS) is 11.4. The van der Waals surface area contributed by atoms with Gasteiger partial charge in [0.2, 0.25) is 5.91 Å². The molecule has 0 spiro atoms. The smallest absolute Gasteiger partial charge is 0.248 e. The first-order valence-corrected chi connectivity index (χ1v) is 4.92. The predicted octanol–water partition coefficient (Wildman–Crippen LogP) is 1.92. The average Bonchev–Trinajstić information content (AvgIpc) is 2.30. The molecule has 0 aliphatic carbocycles. The molecule has 0 radical (unpaired) electrons. The third-order valence-electron chi connectivity index (χ3n) is 1.83. The van der Waals surface area contributed by atoms with Crippen LogP contribution in [0.3, 0.4) is 0 Å². The monoisotopic (exact) mass is 215 g/mol. The van der Waals surface area contributed by atoms with Crippen LogP contribution in [0.1, 0.15) is 12.5 Å². The Kier molecular flexibility index (Phi) is 4.73. The van der Waals surface area contributed by atoms with Gasteiger partial charge in [0.25, 0.3) is 0 Å². The Labute approximate surface area is 94.5 Å². The maximum absolute atomic E-state index is 11.2. The molecule has 0 bridgehead atoms. The number of rotatable bonds is 4. The summed E-state index contributed by atoms with van der Waals surface area (Å²) in [5, 5.41) is 2.48. The fraction of sp³-hybridized carbons (Fsp3) is 0.0769. The topological polar surface area (TPSA) is 46.2 Å². The number of allylic oxidation sites excluding steroid dienone is 2. The zero-order valence-corrected chi connectivity index (χ0v) is 9.01. The van der Waals surface area contributed by atoms with E-state index >= 15 is 0 Å². The molecule has 0 aliphatic heterocycles. The Morgan fingerprint density at radius 3 is 2.50 bits per heavy atom. The summed E-state index contributed by atoms with van der Waals surface area (Å²) in [6.45, 7) is 1.74. The standard InChI is InChI=1S/C13H13NO2/c1-2-6-13(16)14-12(10-15)9-11-7-4-3-5-8-11/h2-10H,1H3,(H,14,16)/b6-2?,12-9+. The van der Waals surface area contributed by atoms with Crippen molar-refractivity contribution in [1.29, 1.82) is 0 Å². The molecule has 16 heavy (non-hydrogen) atoms. The zero-order valence-electron chi connectivity index (χ0n) is 9.01. The van der Waals surface area contributed by atoms with Crippen LogP contribution in [0.15, 0.2) is 48.2 Å². The summed E-state index contributed by atoms with van der Waals surface area (Å²) >= 11 is 0. The fourth-order valence-electron chi connectivity index (χ4n) is 1.16. The molecule has 0 aromatic heterocycles. The van der Waals surface area contributed by atoms with Gasteiger partial charge in [-0.25, -0.2) is 0 Å². The van der Waals surface area contributed by atoms with Crippen molar-refractivity contribution < 1.29 is 9.59 Å².